The van der Waals surface area contributed by atoms with Crippen LogP contribution in [0.5, 0.6) is 0 Å². The van der Waals surface area contributed by atoms with Crippen LogP contribution < -0.4 is 23.0 Å². The highest BCUT2D eigenvalue weighted by molar-refractivity contribution is 5.75. The Balaban J connectivity index is 0.00000529. The zero-order valence-electron chi connectivity index (χ0n) is 16.2. The predicted octanol–water partition coefficient (Wildman–Crippen LogP) is 0.0757. The number of rotatable bonds is 13. The summed E-state index contributed by atoms with van der Waals surface area (Å²) in [5.74, 6) is 0.234. The van der Waals surface area contributed by atoms with Crippen molar-refractivity contribution in [1.82, 2.24) is 10.6 Å². The normalized spacial score (nSPS) is 17.5. The summed E-state index contributed by atoms with van der Waals surface area (Å²) < 4.78 is 0.982. The number of nitrogens with one attached hydrogen (secondary N) is 2. The number of carbonyl (C=O) groups excluding carboxylic acids is 1. The molecule has 5 heteroatoms. The minimum Gasteiger partial charge on any atom is -1.00 e. The number of nitrogens with zero attached hydrogens (tertiary/aromatic N) is 1. The quantitative estimate of drug-likeness (QED) is 0.360. The highest BCUT2D eigenvalue weighted by atomic mass is 35.5. The molecule has 144 valence electrons. The Hall–Kier alpha value is -0.320. The van der Waals surface area contributed by atoms with Crippen molar-refractivity contribution in [2.75, 3.05) is 40.3 Å². The van der Waals surface area contributed by atoms with Crippen LogP contribution in [0.4, 0.5) is 0 Å². The number of hydrogen-bond acceptors (Lipinski definition) is 2. The average molecular weight is 362 g/mol. The number of hydrogen-bond donors (Lipinski definition) is 2. The van der Waals surface area contributed by atoms with Crippen LogP contribution in [0.15, 0.2) is 0 Å². The summed E-state index contributed by atoms with van der Waals surface area (Å²) in [4.78, 5) is 11.9. The van der Waals surface area contributed by atoms with Crippen LogP contribution in [0.1, 0.15) is 71.1 Å². The largest absolute Gasteiger partial charge is 1.00 e. The molecule has 0 spiro atoms. The predicted molar refractivity (Wildman–Crippen MR) is 98.5 cm³/mol. The van der Waals surface area contributed by atoms with Crippen LogP contribution in [-0.4, -0.2) is 56.7 Å². The van der Waals surface area contributed by atoms with E-state index in [9.17, 15) is 4.79 Å². The summed E-state index contributed by atoms with van der Waals surface area (Å²) >= 11 is 0. The molecule has 0 aromatic heterocycles. The number of likely N-dealkylation sites (N-methyl/N-ethyl adjacent to an activating group) is 1. The summed E-state index contributed by atoms with van der Waals surface area (Å²) in [6.07, 6.45) is 12.2. The van der Waals surface area contributed by atoms with Gasteiger partial charge in [0.2, 0.25) is 5.91 Å². The molecule has 0 saturated carbocycles. The summed E-state index contributed by atoms with van der Waals surface area (Å²) in [6.45, 7) is 6.39. The lowest BCUT2D eigenvalue weighted by Crippen LogP contribution is -3.00. The first-order valence-electron chi connectivity index (χ1n) is 9.85. The van der Waals surface area contributed by atoms with Crippen molar-refractivity contribution in [2.45, 2.75) is 77.2 Å². The Kier molecular flexibility index (Phi) is 13.7. The molecule has 4 nitrogen and oxygen atoms in total. The first-order valence-corrected chi connectivity index (χ1v) is 9.85. The molecule has 0 radical (unpaired) electrons. The van der Waals surface area contributed by atoms with Crippen LogP contribution in [0.3, 0.4) is 0 Å². The summed E-state index contributed by atoms with van der Waals surface area (Å²) in [5.41, 5.74) is 0. The second-order valence-corrected chi connectivity index (χ2v) is 7.86. The van der Waals surface area contributed by atoms with Crippen molar-refractivity contribution in [2.24, 2.45) is 0 Å². The fraction of sp³-hybridized carbons (Fsp3) is 0.947. The minimum absolute atomic E-state index is 0. The van der Waals surface area contributed by atoms with E-state index in [0.29, 0.717) is 12.5 Å². The first-order chi connectivity index (χ1) is 11.0. The highest BCUT2D eigenvalue weighted by Gasteiger charge is 2.24. The molecule has 1 aliphatic heterocycles. The molecular formula is C19H40ClN3O. The van der Waals surface area contributed by atoms with Crippen molar-refractivity contribution < 1.29 is 21.7 Å². The second-order valence-electron chi connectivity index (χ2n) is 7.86. The molecule has 24 heavy (non-hydrogen) atoms. The van der Waals surface area contributed by atoms with Crippen LogP contribution in [0.25, 0.3) is 0 Å². The molecule has 0 bridgehead atoms. The molecule has 0 aromatic rings. The summed E-state index contributed by atoms with van der Waals surface area (Å²) in [5, 5.41) is 6.66. The van der Waals surface area contributed by atoms with E-state index in [4.69, 9.17) is 0 Å². The Morgan fingerprint density at radius 1 is 1.12 bits per heavy atom. The van der Waals surface area contributed by atoms with E-state index in [1.54, 1.807) is 0 Å². The molecule has 1 atom stereocenters. The lowest BCUT2D eigenvalue weighted by molar-refractivity contribution is -0.890. The smallest absolute Gasteiger partial charge is 0.220 e. The fourth-order valence-electron chi connectivity index (χ4n) is 3.43. The molecule has 0 aliphatic carbocycles. The maximum atomic E-state index is 11.9. The van der Waals surface area contributed by atoms with Crippen LogP contribution in [-0.2, 0) is 4.79 Å². The lowest BCUT2D eigenvalue weighted by atomic mass is 10.1. The van der Waals surface area contributed by atoms with E-state index in [2.05, 4.69) is 31.7 Å². The average Bonchev–Trinajstić information content (AvgIpc) is 2.98. The van der Waals surface area contributed by atoms with E-state index in [1.165, 1.54) is 57.9 Å². The Labute approximate surface area is 156 Å². The van der Waals surface area contributed by atoms with Gasteiger partial charge in [-0.15, -0.1) is 0 Å². The number of carbonyl (C=O) groups is 1. The monoisotopic (exact) mass is 361 g/mol. The standard InChI is InChI=1S/C19H39N3O.ClH/c1-4-5-6-7-8-9-10-13-19(23)21-15-16-22(2,3)17-18-12-11-14-20-18;/h18,20H,4-17H2,1-3H3;1H. The van der Waals surface area contributed by atoms with E-state index in [0.717, 1.165) is 30.5 Å². The van der Waals surface area contributed by atoms with E-state index >= 15 is 0 Å². The van der Waals surface area contributed by atoms with Gasteiger partial charge < -0.3 is 27.5 Å². The Morgan fingerprint density at radius 2 is 1.79 bits per heavy atom. The van der Waals surface area contributed by atoms with Gasteiger partial charge in [0.1, 0.15) is 0 Å². The van der Waals surface area contributed by atoms with Crippen LogP contribution in [0, 0.1) is 0 Å². The third kappa shape index (κ3) is 12.1. The molecule has 1 saturated heterocycles. The Morgan fingerprint density at radius 3 is 2.42 bits per heavy atom. The Bertz CT molecular complexity index is 318. The summed E-state index contributed by atoms with van der Waals surface area (Å²) in [6, 6.07) is 0.661. The zero-order chi connectivity index (χ0) is 17.0. The van der Waals surface area contributed by atoms with Crippen molar-refractivity contribution in [3.63, 3.8) is 0 Å². The molecule has 2 N–H and O–H groups in total. The third-order valence-electron chi connectivity index (χ3n) is 4.92. The number of unbranched alkanes of at least 4 members (excludes halogenated alkanes) is 6. The molecule has 1 rings (SSSR count). The lowest BCUT2D eigenvalue weighted by Gasteiger charge is -2.32. The number of halogens is 1. The van der Waals surface area contributed by atoms with Gasteiger partial charge in [0, 0.05) is 6.42 Å². The minimum atomic E-state index is 0. The molecule has 1 aliphatic rings. The van der Waals surface area contributed by atoms with Gasteiger partial charge in [0.05, 0.1) is 39.8 Å². The highest BCUT2D eigenvalue weighted by Crippen LogP contribution is 2.10. The molecule has 1 heterocycles. The molecule has 1 unspecified atom stereocenters. The topological polar surface area (TPSA) is 41.1 Å². The summed E-state index contributed by atoms with van der Waals surface area (Å²) in [7, 11) is 4.53. The van der Waals surface area contributed by atoms with Gasteiger partial charge in [0.15, 0.2) is 0 Å². The molecule has 0 aromatic carbocycles. The van der Waals surface area contributed by atoms with Crippen molar-refractivity contribution in [1.29, 1.82) is 0 Å². The SMILES string of the molecule is CCCCCCCCCC(=O)NCC[N+](C)(C)CC1CCCN1.[Cl-]. The van der Waals surface area contributed by atoms with E-state index < -0.39 is 0 Å². The maximum absolute atomic E-state index is 11.9. The number of amides is 1. The van der Waals surface area contributed by atoms with Gasteiger partial charge in [-0.25, -0.2) is 0 Å². The van der Waals surface area contributed by atoms with Crippen molar-refractivity contribution in [3.8, 4) is 0 Å². The first kappa shape index (κ1) is 23.7. The maximum Gasteiger partial charge on any atom is 0.220 e. The molecular weight excluding hydrogens is 322 g/mol. The van der Waals surface area contributed by atoms with Gasteiger partial charge in [-0.1, -0.05) is 45.4 Å². The van der Waals surface area contributed by atoms with Gasteiger partial charge in [-0.2, -0.15) is 0 Å². The van der Waals surface area contributed by atoms with Gasteiger partial charge in [-0.05, 0) is 25.8 Å². The van der Waals surface area contributed by atoms with Crippen molar-refractivity contribution in [3.05, 3.63) is 0 Å². The number of quaternary nitrogens is 1. The van der Waals surface area contributed by atoms with Crippen molar-refractivity contribution >= 4 is 5.91 Å². The molecule has 1 amide bonds. The van der Waals surface area contributed by atoms with Gasteiger partial charge in [-0.3, -0.25) is 4.79 Å². The van der Waals surface area contributed by atoms with E-state index in [-0.39, 0.29) is 18.3 Å². The second kappa shape index (κ2) is 13.9. The van der Waals surface area contributed by atoms with Crippen LogP contribution in [0.2, 0.25) is 0 Å². The van der Waals surface area contributed by atoms with Crippen LogP contribution >= 0.6 is 0 Å². The van der Waals surface area contributed by atoms with Gasteiger partial charge >= 0.3 is 0 Å². The van der Waals surface area contributed by atoms with Gasteiger partial charge in [0.25, 0.3) is 0 Å². The van der Waals surface area contributed by atoms with E-state index in [1.807, 2.05) is 0 Å². The molecule has 1 fully saturated rings. The fourth-order valence-corrected chi connectivity index (χ4v) is 3.43. The zero-order valence-corrected chi connectivity index (χ0v) is 17.0. The third-order valence-corrected chi connectivity index (χ3v) is 4.92.